The van der Waals surface area contributed by atoms with Crippen LogP contribution < -0.4 is 22.1 Å². The van der Waals surface area contributed by atoms with Gasteiger partial charge in [-0.2, -0.15) is 0 Å². The number of hydrogen-bond acceptors (Lipinski definition) is 4. The lowest BCUT2D eigenvalue weighted by molar-refractivity contribution is 0.542. The van der Waals surface area contributed by atoms with Gasteiger partial charge in [0.05, 0.1) is 18.2 Å². The summed E-state index contributed by atoms with van der Waals surface area (Å²) in [6.07, 6.45) is 1.77. The van der Waals surface area contributed by atoms with E-state index in [4.69, 9.17) is 11.5 Å². The summed E-state index contributed by atoms with van der Waals surface area (Å²) in [6.45, 7) is 5.65. The van der Waals surface area contributed by atoms with Crippen LogP contribution in [-0.4, -0.2) is 12.3 Å². The fraction of sp³-hybridized carbons (Fsp3) is 0.714. The molecule has 0 saturated carbocycles. The summed E-state index contributed by atoms with van der Waals surface area (Å²) >= 11 is 0. The first kappa shape index (κ1) is 10.3. The molecule has 4 heteroatoms. The summed E-state index contributed by atoms with van der Waals surface area (Å²) in [6, 6.07) is 0. The highest BCUT2D eigenvalue weighted by Gasteiger charge is 1.98. The molecule has 0 aromatic rings. The van der Waals surface area contributed by atoms with E-state index in [9.17, 15) is 0 Å². The minimum Gasteiger partial charge on any atom is -0.357 e. The van der Waals surface area contributed by atoms with Gasteiger partial charge in [0.2, 0.25) is 0 Å². The van der Waals surface area contributed by atoms with Crippen molar-refractivity contribution in [2.45, 2.75) is 33.1 Å². The normalized spacial score (nSPS) is 15.0. The molecule has 2 unspecified atom stereocenters. The SMILES string of the molecule is CC=C(NC(C)N)NC(C)N. The third-order valence-corrected chi connectivity index (χ3v) is 1.06. The monoisotopic (exact) mass is 158 g/mol. The molecular formula is C7H18N4. The quantitative estimate of drug-likeness (QED) is 0.421. The van der Waals surface area contributed by atoms with Gasteiger partial charge in [-0.25, -0.2) is 0 Å². The lowest BCUT2D eigenvalue weighted by atomic mass is 10.5. The molecule has 0 fully saturated rings. The lowest BCUT2D eigenvalue weighted by Crippen LogP contribution is -2.43. The number of allylic oxidation sites excluding steroid dienone is 1. The van der Waals surface area contributed by atoms with E-state index in [-0.39, 0.29) is 12.3 Å². The highest BCUT2D eigenvalue weighted by Crippen LogP contribution is 1.84. The number of nitrogens with one attached hydrogen (secondary N) is 2. The topological polar surface area (TPSA) is 76.1 Å². The van der Waals surface area contributed by atoms with Crippen LogP contribution in [0.15, 0.2) is 11.9 Å². The van der Waals surface area contributed by atoms with E-state index in [0.29, 0.717) is 0 Å². The van der Waals surface area contributed by atoms with Gasteiger partial charge in [-0.1, -0.05) is 0 Å². The number of nitrogens with two attached hydrogens (primary N) is 2. The molecule has 11 heavy (non-hydrogen) atoms. The predicted octanol–water partition coefficient (Wildman–Crippen LogP) is -0.364. The molecule has 0 rings (SSSR count). The van der Waals surface area contributed by atoms with Crippen LogP contribution in [0, 0.1) is 0 Å². The van der Waals surface area contributed by atoms with Gasteiger partial charge in [0.1, 0.15) is 0 Å². The second-order valence-electron chi connectivity index (χ2n) is 2.57. The van der Waals surface area contributed by atoms with Gasteiger partial charge in [-0.3, -0.25) is 0 Å². The van der Waals surface area contributed by atoms with Gasteiger partial charge >= 0.3 is 0 Å². The van der Waals surface area contributed by atoms with Crippen LogP contribution in [0.3, 0.4) is 0 Å². The fourth-order valence-corrected chi connectivity index (χ4v) is 0.699. The molecule has 66 valence electrons. The molecule has 4 nitrogen and oxygen atoms in total. The lowest BCUT2D eigenvalue weighted by Gasteiger charge is -2.17. The Bertz CT molecular complexity index is 116. The van der Waals surface area contributed by atoms with Gasteiger partial charge in [-0.15, -0.1) is 0 Å². The molecule has 0 spiro atoms. The Morgan fingerprint density at radius 1 is 1.18 bits per heavy atom. The molecule has 0 aliphatic carbocycles. The molecule has 0 heterocycles. The van der Waals surface area contributed by atoms with E-state index in [1.165, 1.54) is 0 Å². The molecule has 0 saturated heterocycles. The van der Waals surface area contributed by atoms with Crippen molar-refractivity contribution in [2.24, 2.45) is 11.5 Å². The van der Waals surface area contributed by atoms with Crippen molar-refractivity contribution in [3.8, 4) is 0 Å². The Labute approximate surface area is 68.0 Å². The summed E-state index contributed by atoms with van der Waals surface area (Å²) in [5.41, 5.74) is 11.0. The molecule has 0 amide bonds. The molecule has 0 bridgehead atoms. The summed E-state index contributed by atoms with van der Waals surface area (Å²) in [7, 11) is 0. The third kappa shape index (κ3) is 5.69. The van der Waals surface area contributed by atoms with Gasteiger partial charge in [0, 0.05) is 0 Å². The van der Waals surface area contributed by atoms with Gasteiger partial charge in [0.25, 0.3) is 0 Å². The Kier molecular flexibility index (Phi) is 4.65. The van der Waals surface area contributed by atoms with Crippen LogP contribution in [-0.2, 0) is 0 Å². The first-order valence-electron chi connectivity index (χ1n) is 3.76. The van der Waals surface area contributed by atoms with E-state index in [0.717, 1.165) is 5.82 Å². The van der Waals surface area contributed by atoms with Crippen LogP contribution in [0.4, 0.5) is 0 Å². The van der Waals surface area contributed by atoms with Crippen LogP contribution in [0.1, 0.15) is 20.8 Å². The smallest absolute Gasteiger partial charge is 0.0966 e. The molecule has 0 aromatic heterocycles. The van der Waals surface area contributed by atoms with Crippen molar-refractivity contribution in [3.63, 3.8) is 0 Å². The Morgan fingerprint density at radius 2 is 1.55 bits per heavy atom. The summed E-state index contributed by atoms with van der Waals surface area (Å²) in [4.78, 5) is 0. The van der Waals surface area contributed by atoms with Crippen LogP contribution >= 0.6 is 0 Å². The van der Waals surface area contributed by atoms with Crippen LogP contribution in [0.5, 0.6) is 0 Å². The molecule has 2 atom stereocenters. The standard InChI is InChI=1S/C7H18N4/c1-4-7(10-5(2)8)11-6(3)9/h4-6,10-11H,8-9H2,1-3H3. The zero-order valence-electron chi connectivity index (χ0n) is 7.39. The molecular weight excluding hydrogens is 140 g/mol. The maximum atomic E-state index is 5.51. The van der Waals surface area contributed by atoms with E-state index < -0.39 is 0 Å². The van der Waals surface area contributed by atoms with Crippen LogP contribution in [0.2, 0.25) is 0 Å². The Morgan fingerprint density at radius 3 is 1.73 bits per heavy atom. The second kappa shape index (κ2) is 4.98. The van der Waals surface area contributed by atoms with E-state index in [2.05, 4.69) is 10.6 Å². The van der Waals surface area contributed by atoms with Crippen molar-refractivity contribution in [3.05, 3.63) is 11.9 Å². The number of hydrogen-bond donors (Lipinski definition) is 4. The molecule has 0 aromatic carbocycles. The summed E-state index contributed by atoms with van der Waals surface area (Å²) in [5.74, 6) is 0.870. The van der Waals surface area contributed by atoms with Crippen molar-refractivity contribution < 1.29 is 0 Å². The van der Waals surface area contributed by atoms with Crippen LogP contribution in [0.25, 0.3) is 0 Å². The minimum absolute atomic E-state index is 0.0625. The van der Waals surface area contributed by atoms with Gasteiger partial charge in [0.15, 0.2) is 0 Å². The highest BCUT2D eigenvalue weighted by molar-refractivity contribution is 4.96. The molecule has 0 radical (unpaired) electrons. The van der Waals surface area contributed by atoms with Gasteiger partial charge < -0.3 is 22.1 Å². The summed E-state index contributed by atoms with van der Waals surface area (Å²) in [5, 5.41) is 6.02. The first-order chi connectivity index (χ1) is 5.06. The highest BCUT2D eigenvalue weighted by atomic mass is 15.2. The summed E-state index contributed by atoms with van der Waals surface area (Å²) < 4.78 is 0. The van der Waals surface area contributed by atoms with Gasteiger partial charge in [-0.05, 0) is 26.8 Å². The van der Waals surface area contributed by atoms with E-state index in [1.807, 2.05) is 26.8 Å². The average Bonchev–Trinajstić information content (AvgIpc) is 1.84. The minimum atomic E-state index is -0.0625. The fourth-order valence-electron chi connectivity index (χ4n) is 0.699. The Balaban J connectivity index is 3.79. The van der Waals surface area contributed by atoms with Crippen molar-refractivity contribution in [2.75, 3.05) is 0 Å². The van der Waals surface area contributed by atoms with E-state index in [1.54, 1.807) is 0 Å². The zero-order chi connectivity index (χ0) is 8.85. The molecule has 6 N–H and O–H groups in total. The maximum absolute atomic E-state index is 5.51. The zero-order valence-corrected chi connectivity index (χ0v) is 7.39. The largest absolute Gasteiger partial charge is 0.357 e. The molecule has 0 aliphatic heterocycles. The maximum Gasteiger partial charge on any atom is 0.0966 e. The average molecular weight is 158 g/mol. The van der Waals surface area contributed by atoms with E-state index >= 15 is 0 Å². The Hall–Kier alpha value is -0.740. The third-order valence-electron chi connectivity index (χ3n) is 1.06. The number of rotatable bonds is 4. The first-order valence-corrected chi connectivity index (χ1v) is 3.76. The van der Waals surface area contributed by atoms with Crippen molar-refractivity contribution >= 4 is 0 Å². The van der Waals surface area contributed by atoms with Crippen molar-refractivity contribution in [1.82, 2.24) is 10.6 Å². The molecule has 0 aliphatic rings. The van der Waals surface area contributed by atoms with Crippen molar-refractivity contribution in [1.29, 1.82) is 0 Å². The second-order valence-corrected chi connectivity index (χ2v) is 2.57. The predicted molar refractivity (Wildman–Crippen MR) is 47.3 cm³/mol.